The molecule has 0 radical (unpaired) electrons. The predicted octanol–water partition coefficient (Wildman–Crippen LogP) is 5.15. The van der Waals surface area contributed by atoms with Crippen LogP contribution in [0.4, 0.5) is 21.2 Å². The van der Waals surface area contributed by atoms with Gasteiger partial charge in [-0.3, -0.25) is 5.32 Å². The zero-order valence-electron chi connectivity index (χ0n) is 11.8. The van der Waals surface area contributed by atoms with E-state index in [1.54, 1.807) is 29.8 Å². The number of amides is 1. The molecule has 0 atom stereocenters. The number of rotatable bonds is 4. The summed E-state index contributed by atoms with van der Waals surface area (Å²) in [7, 11) is 0. The lowest BCUT2D eigenvalue weighted by molar-refractivity contribution is 0.214. The van der Waals surface area contributed by atoms with Crippen LogP contribution < -0.4 is 15.4 Å². The molecule has 3 aromatic rings. The maximum absolute atomic E-state index is 12.0. The largest absolute Gasteiger partial charge is 0.418 e. The van der Waals surface area contributed by atoms with Crippen LogP contribution in [0.1, 0.15) is 0 Å². The Bertz CT molecular complexity index is 808. The zero-order valence-corrected chi connectivity index (χ0v) is 13.4. The van der Waals surface area contributed by atoms with E-state index < -0.39 is 6.09 Å². The molecule has 0 saturated carbocycles. The van der Waals surface area contributed by atoms with Gasteiger partial charge in [0.25, 0.3) is 5.88 Å². The molecule has 5 nitrogen and oxygen atoms in total. The van der Waals surface area contributed by atoms with E-state index in [4.69, 9.17) is 16.3 Å². The summed E-state index contributed by atoms with van der Waals surface area (Å²) in [5.74, 6) is 0.221. The second-order valence-electron chi connectivity index (χ2n) is 4.50. The van der Waals surface area contributed by atoms with Crippen molar-refractivity contribution in [2.24, 2.45) is 0 Å². The quantitative estimate of drug-likeness (QED) is 0.686. The summed E-state index contributed by atoms with van der Waals surface area (Å²) in [5.41, 5.74) is 3.04. The molecule has 2 N–H and O–H groups in total. The van der Waals surface area contributed by atoms with Gasteiger partial charge in [-0.1, -0.05) is 35.9 Å². The molecule has 0 aliphatic heterocycles. The number of halogens is 1. The summed E-state index contributed by atoms with van der Waals surface area (Å²) in [6.07, 6.45) is -0.630. The third kappa shape index (κ3) is 4.21. The molecular formula is C16H12ClN3O2S. The first-order chi connectivity index (χ1) is 11.2. The number of hydrogen-bond acceptors (Lipinski definition) is 5. The molecule has 2 aromatic carbocycles. The topological polar surface area (TPSA) is 63.2 Å². The third-order valence-corrected chi connectivity index (χ3v) is 3.79. The van der Waals surface area contributed by atoms with E-state index in [9.17, 15) is 4.79 Å². The zero-order chi connectivity index (χ0) is 16.1. The molecule has 116 valence electrons. The van der Waals surface area contributed by atoms with Crippen molar-refractivity contribution in [3.8, 4) is 5.88 Å². The fraction of sp³-hybridized carbons (Fsp3) is 0. The fourth-order valence-corrected chi connectivity index (χ4v) is 2.66. The smallest absolute Gasteiger partial charge is 0.388 e. The van der Waals surface area contributed by atoms with Crippen LogP contribution >= 0.6 is 22.9 Å². The van der Waals surface area contributed by atoms with E-state index in [0.29, 0.717) is 15.7 Å². The SMILES string of the molecule is O=C(Nc1cccc(Cl)c1)Oc1ncsc1Nc1ccccc1. The van der Waals surface area contributed by atoms with Gasteiger partial charge in [0.05, 0.1) is 5.51 Å². The van der Waals surface area contributed by atoms with Gasteiger partial charge >= 0.3 is 6.09 Å². The Hall–Kier alpha value is -2.57. The average Bonchev–Trinajstić information content (AvgIpc) is 2.95. The Balaban J connectivity index is 1.66. The average molecular weight is 346 g/mol. The molecule has 0 saturated heterocycles. The summed E-state index contributed by atoms with van der Waals surface area (Å²) in [5, 5.41) is 6.94. The standard InChI is InChI=1S/C16H12ClN3O2S/c17-11-5-4-8-13(9-11)20-16(21)22-14-15(23-10-18-14)19-12-6-2-1-3-7-12/h1-10,19H,(H,20,21). The van der Waals surface area contributed by atoms with Gasteiger partial charge in [-0.25, -0.2) is 9.78 Å². The van der Waals surface area contributed by atoms with Crippen molar-refractivity contribution >= 4 is 45.4 Å². The normalized spacial score (nSPS) is 10.1. The molecule has 0 aliphatic carbocycles. The Morgan fingerprint density at radius 2 is 1.87 bits per heavy atom. The van der Waals surface area contributed by atoms with Gasteiger partial charge in [0.1, 0.15) is 0 Å². The number of anilines is 3. The van der Waals surface area contributed by atoms with Crippen molar-refractivity contribution < 1.29 is 9.53 Å². The lowest BCUT2D eigenvalue weighted by atomic mass is 10.3. The van der Waals surface area contributed by atoms with Gasteiger partial charge in [0, 0.05) is 16.4 Å². The number of thiazole rings is 1. The molecule has 23 heavy (non-hydrogen) atoms. The van der Waals surface area contributed by atoms with Gasteiger partial charge < -0.3 is 10.1 Å². The number of nitrogens with one attached hydrogen (secondary N) is 2. The van der Waals surface area contributed by atoms with Gasteiger partial charge in [0.15, 0.2) is 5.00 Å². The lowest BCUT2D eigenvalue weighted by Gasteiger charge is -2.08. The van der Waals surface area contributed by atoms with E-state index in [1.165, 1.54) is 11.3 Å². The number of benzene rings is 2. The van der Waals surface area contributed by atoms with Crippen molar-refractivity contribution in [1.29, 1.82) is 0 Å². The van der Waals surface area contributed by atoms with Crippen molar-refractivity contribution in [2.45, 2.75) is 0 Å². The van der Waals surface area contributed by atoms with Crippen LogP contribution in [0.2, 0.25) is 5.02 Å². The highest BCUT2D eigenvalue weighted by Crippen LogP contribution is 2.31. The number of carbonyl (C=O) groups is 1. The molecular weight excluding hydrogens is 334 g/mol. The molecule has 3 rings (SSSR count). The van der Waals surface area contributed by atoms with E-state index >= 15 is 0 Å². The number of carbonyl (C=O) groups excluding carboxylic acids is 1. The van der Waals surface area contributed by atoms with Crippen LogP contribution in [0.5, 0.6) is 5.88 Å². The van der Waals surface area contributed by atoms with Gasteiger partial charge in [-0.05, 0) is 30.3 Å². The molecule has 0 aliphatic rings. The minimum absolute atomic E-state index is 0.221. The molecule has 0 spiro atoms. The van der Waals surface area contributed by atoms with Crippen LogP contribution in [0.3, 0.4) is 0 Å². The predicted molar refractivity (Wildman–Crippen MR) is 92.9 cm³/mol. The Morgan fingerprint density at radius 1 is 1.09 bits per heavy atom. The summed E-state index contributed by atoms with van der Waals surface area (Å²) >= 11 is 7.22. The van der Waals surface area contributed by atoms with Crippen molar-refractivity contribution in [2.75, 3.05) is 10.6 Å². The van der Waals surface area contributed by atoms with E-state index in [0.717, 1.165) is 5.69 Å². The Labute approximate surface area is 141 Å². The Kier molecular flexibility index (Phi) is 4.75. The highest BCUT2D eigenvalue weighted by molar-refractivity contribution is 7.14. The number of ether oxygens (including phenoxy) is 1. The molecule has 0 bridgehead atoms. The molecule has 1 amide bonds. The van der Waals surface area contributed by atoms with Crippen molar-refractivity contribution in [1.82, 2.24) is 4.98 Å². The van der Waals surface area contributed by atoms with Crippen LogP contribution in [0.25, 0.3) is 0 Å². The first kappa shape index (κ1) is 15.3. The molecule has 7 heteroatoms. The highest BCUT2D eigenvalue weighted by Gasteiger charge is 2.13. The molecule has 0 unspecified atom stereocenters. The summed E-state index contributed by atoms with van der Waals surface area (Å²) in [6, 6.07) is 16.4. The minimum atomic E-state index is -0.630. The first-order valence-corrected chi connectivity index (χ1v) is 7.96. The molecule has 0 fully saturated rings. The summed E-state index contributed by atoms with van der Waals surface area (Å²) in [6.45, 7) is 0. The third-order valence-electron chi connectivity index (χ3n) is 2.83. The van der Waals surface area contributed by atoms with E-state index in [1.807, 2.05) is 30.3 Å². The van der Waals surface area contributed by atoms with Crippen molar-refractivity contribution in [3.05, 3.63) is 65.1 Å². The second kappa shape index (κ2) is 7.13. The fourth-order valence-electron chi connectivity index (χ4n) is 1.84. The molecule has 1 heterocycles. The second-order valence-corrected chi connectivity index (χ2v) is 5.79. The van der Waals surface area contributed by atoms with Crippen LogP contribution in [-0.2, 0) is 0 Å². The van der Waals surface area contributed by atoms with Crippen LogP contribution in [-0.4, -0.2) is 11.1 Å². The monoisotopic (exact) mass is 345 g/mol. The van der Waals surface area contributed by atoms with Crippen LogP contribution in [0, 0.1) is 0 Å². The van der Waals surface area contributed by atoms with E-state index in [2.05, 4.69) is 15.6 Å². The maximum atomic E-state index is 12.0. The summed E-state index contributed by atoms with van der Waals surface area (Å²) < 4.78 is 5.25. The van der Waals surface area contributed by atoms with Gasteiger partial charge in [-0.2, -0.15) is 0 Å². The number of para-hydroxylation sites is 1. The summed E-state index contributed by atoms with van der Waals surface area (Å²) in [4.78, 5) is 16.0. The number of hydrogen-bond donors (Lipinski definition) is 2. The number of aromatic nitrogens is 1. The van der Waals surface area contributed by atoms with Crippen molar-refractivity contribution in [3.63, 3.8) is 0 Å². The maximum Gasteiger partial charge on any atom is 0.418 e. The highest BCUT2D eigenvalue weighted by atomic mass is 35.5. The van der Waals surface area contributed by atoms with Crippen LogP contribution in [0.15, 0.2) is 60.1 Å². The first-order valence-electron chi connectivity index (χ1n) is 6.71. The number of nitrogens with zero attached hydrogens (tertiary/aromatic N) is 1. The molecule has 1 aromatic heterocycles. The van der Waals surface area contributed by atoms with Gasteiger partial charge in [-0.15, -0.1) is 11.3 Å². The van der Waals surface area contributed by atoms with Gasteiger partial charge in [0.2, 0.25) is 0 Å². The lowest BCUT2D eigenvalue weighted by Crippen LogP contribution is -2.17. The Morgan fingerprint density at radius 3 is 2.65 bits per heavy atom. The van der Waals surface area contributed by atoms with E-state index in [-0.39, 0.29) is 5.88 Å². The minimum Gasteiger partial charge on any atom is -0.388 e.